The second-order valence-electron chi connectivity index (χ2n) is 7.69. The quantitative estimate of drug-likeness (QED) is 0.589. The first-order valence-electron chi connectivity index (χ1n) is 10.8. The summed E-state index contributed by atoms with van der Waals surface area (Å²) in [5.41, 5.74) is 2.83. The molecule has 164 valence electrons. The Labute approximate surface area is 188 Å². The lowest BCUT2D eigenvalue weighted by molar-refractivity contribution is -0.136. The van der Waals surface area contributed by atoms with Crippen molar-refractivity contribution in [2.45, 2.75) is 6.04 Å². The van der Waals surface area contributed by atoms with Crippen LogP contribution in [0.25, 0.3) is 0 Å². The molecule has 2 N–H and O–H groups in total. The van der Waals surface area contributed by atoms with Crippen LogP contribution in [0.15, 0.2) is 85.2 Å². The highest BCUT2D eigenvalue weighted by molar-refractivity contribution is 6.39. The maximum absolute atomic E-state index is 12.4. The third kappa shape index (κ3) is 5.50. The number of carbonyl (C=O) groups is 2. The number of piperazine rings is 1. The monoisotopic (exact) mass is 429 g/mol. The number of benzene rings is 2. The van der Waals surface area contributed by atoms with Crippen LogP contribution in [0, 0.1) is 0 Å². The number of para-hydroxylation sites is 2. The van der Waals surface area contributed by atoms with Gasteiger partial charge in [-0.2, -0.15) is 0 Å². The van der Waals surface area contributed by atoms with E-state index in [4.69, 9.17) is 0 Å². The number of nitrogens with zero attached hydrogens (tertiary/aromatic N) is 3. The van der Waals surface area contributed by atoms with Crippen LogP contribution in [0.2, 0.25) is 0 Å². The summed E-state index contributed by atoms with van der Waals surface area (Å²) in [5.74, 6) is -1.32. The summed E-state index contributed by atoms with van der Waals surface area (Å²) in [7, 11) is 0. The normalized spacial score (nSPS) is 15.1. The smallest absolute Gasteiger partial charge is 0.313 e. The second kappa shape index (κ2) is 10.5. The summed E-state index contributed by atoms with van der Waals surface area (Å²) >= 11 is 0. The van der Waals surface area contributed by atoms with Gasteiger partial charge in [0.1, 0.15) is 0 Å². The van der Waals surface area contributed by atoms with E-state index in [9.17, 15) is 9.59 Å². The van der Waals surface area contributed by atoms with Gasteiger partial charge < -0.3 is 15.5 Å². The minimum absolute atomic E-state index is 0.0601. The maximum atomic E-state index is 12.4. The Morgan fingerprint density at radius 3 is 2.19 bits per heavy atom. The summed E-state index contributed by atoms with van der Waals surface area (Å²) in [6.45, 7) is 3.81. The molecule has 1 fully saturated rings. The summed E-state index contributed by atoms with van der Waals surface area (Å²) in [4.78, 5) is 33.7. The zero-order valence-electron chi connectivity index (χ0n) is 17.9. The average Bonchev–Trinajstić information content (AvgIpc) is 2.86. The van der Waals surface area contributed by atoms with Crippen molar-refractivity contribution in [2.24, 2.45) is 0 Å². The van der Waals surface area contributed by atoms with Crippen LogP contribution in [0.5, 0.6) is 0 Å². The Kier molecular flexibility index (Phi) is 7.09. The zero-order valence-corrected chi connectivity index (χ0v) is 17.9. The average molecular weight is 430 g/mol. The Morgan fingerprint density at radius 1 is 0.844 bits per heavy atom. The minimum Gasteiger partial charge on any atom is -0.369 e. The fourth-order valence-corrected chi connectivity index (χ4v) is 3.94. The molecule has 2 heterocycles. The molecule has 1 saturated heterocycles. The lowest BCUT2D eigenvalue weighted by Crippen LogP contribution is -2.50. The Morgan fingerprint density at radius 2 is 1.53 bits per heavy atom. The van der Waals surface area contributed by atoms with Gasteiger partial charge in [-0.25, -0.2) is 0 Å². The first-order chi connectivity index (χ1) is 15.7. The molecule has 7 nitrogen and oxygen atoms in total. The van der Waals surface area contributed by atoms with E-state index in [-0.39, 0.29) is 6.04 Å². The SMILES string of the molecule is O=C(NCC(c1cccnc1)N1CCN(c2ccccc2)CC1)C(=O)Nc1ccccc1. The number of anilines is 2. The van der Waals surface area contributed by atoms with Crippen molar-refractivity contribution >= 4 is 23.2 Å². The fraction of sp³-hybridized carbons (Fsp3) is 0.240. The van der Waals surface area contributed by atoms with Crippen molar-refractivity contribution in [1.82, 2.24) is 15.2 Å². The number of hydrogen-bond donors (Lipinski definition) is 2. The molecule has 1 unspecified atom stereocenters. The van der Waals surface area contributed by atoms with Crippen LogP contribution in [0.4, 0.5) is 11.4 Å². The van der Waals surface area contributed by atoms with Crippen molar-refractivity contribution in [3.05, 3.63) is 90.8 Å². The number of amides is 2. The number of aromatic nitrogens is 1. The number of carbonyl (C=O) groups excluding carboxylic acids is 2. The minimum atomic E-state index is -0.671. The molecule has 0 radical (unpaired) electrons. The van der Waals surface area contributed by atoms with Gasteiger partial charge in [-0.1, -0.05) is 42.5 Å². The first kappa shape index (κ1) is 21.5. The van der Waals surface area contributed by atoms with Crippen LogP contribution < -0.4 is 15.5 Å². The number of rotatable bonds is 6. The van der Waals surface area contributed by atoms with Gasteiger partial charge in [0.25, 0.3) is 0 Å². The summed E-state index contributed by atoms with van der Waals surface area (Å²) < 4.78 is 0. The lowest BCUT2D eigenvalue weighted by Gasteiger charge is -2.40. The largest absolute Gasteiger partial charge is 0.369 e. The predicted octanol–water partition coefficient (Wildman–Crippen LogP) is 2.70. The van der Waals surface area contributed by atoms with E-state index in [2.05, 4.69) is 49.7 Å². The highest BCUT2D eigenvalue weighted by atomic mass is 16.2. The molecule has 0 aliphatic carbocycles. The van der Waals surface area contributed by atoms with Gasteiger partial charge in [0.2, 0.25) is 0 Å². The molecule has 3 aromatic rings. The molecular weight excluding hydrogens is 402 g/mol. The van der Waals surface area contributed by atoms with E-state index in [0.29, 0.717) is 12.2 Å². The molecular formula is C25H27N5O2. The van der Waals surface area contributed by atoms with Gasteiger partial charge in [0, 0.05) is 56.5 Å². The molecule has 4 rings (SSSR count). The van der Waals surface area contributed by atoms with E-state index in [1.807, 2.05) is 30.5 Å². The van der Waals surface area contributed by atoms with E-state index < -0.39 is 11.8 Å². The number of pyridine rings is 1. The van der Waals surface area contributed by atoms with E-state index in [1.165, 1.54) is 5.69 Å². The lowest BCUT2D eigenvalue weighted by atomic mass is 10.1. The Balaban J connectivity index is 1.38. The van der Waals surface area contributed by atoms with Gasteiger partial charge in [0.05, 0.1) is 6.04 Å². The molecule has 0 bridgehead atoms. The van der Waals surface area contributed by atoms with Crippen molar-refractivity contribution in [2.75, 3.05) is 42.9 Å². The topological polar surface area (TPSA) is 77.6 Å². The van der Waals surface area contributed by atoms with Gasteiger partial charge in [0.15, 0.2) is 0 Å². The molecule has 0 spiro atoms. The first-order valence-corrected chi connectivity index (χ1v) is 10.8. The fourth-order valence-electron chi connectivity index (χ4n) is 3.94. The Hall–Kier alpha value is -3.71. The van der Waals surface area contributed by atoms with Crippen LogP contribution in [-0.4, -0.2) is 54.4 Å². The predicted molar refractivity (Wildman–Crippen MR) is 125 cm³/mol. The van der Waals surface area contributed by atoms with Gasteiger partial charge in [-0.3, -0.25) is 19.5 Å². The molecule has 0 saturated carbocycles. The molecule has 1 aliphatic rings. The Bertz CT molecular complexity index is 1010. The van der Waals surface area contributed by atoms with Crippen molar-refractivity contribution < 1.29 is 9.59 Å². The molecule has 2 amide bonds. The highest BCUT2D eigenvalue weighted by Crippen LogP contribution is 2.23. The van der Waals surface area contributed by atoms with Crippen LogP contribution >= 0.6 is 0 Å². The second-order valence-corrected chi connectivity index (χ2v) is 7.69. The molecule has 1 atom stereocenters. The summed E-state index contributed by atoms with van der Waals surface area (Å²) in [6.07, 6.45) is 3.56. The van der Waals surface area contributed by atoms with Crippen molar-refractivity contribution in [3.8, 4) is 0 Å². The van der Waals surface area contributed by atoms with Gasteiger partial charge in [-0.15, -0.1) is 0 Å². The third-order valence-electron chi connectivity index (χ3n) is 5.64. The summed E-state index contributed by atoms with van der Waals surface area (Å²) in [5, 5.41) is 5.43. The number of nitrogens with one attached hydrogen (secondary N) is 2. The van der Waals surface area contributed by atoms with Crippen molar-refractivity contribution in [1.29, 1.82) is 0 Å². The maximum Gasteiger partial charge on any atom is 0.313 e. The van der Waals surface area contributed by atoms with Crippen LogP contribution in [0.3, 0.4) is 0 Å². The van der Waals surface area contributed by atoms with Crippen molar-refractivity contribution in [3.63, 3.8) is 0 Å². The van der Waals surface area contributed by atoms with E-state index in [0.717, 1.165) is 31.7 Å². The molecule has 7 heteroatoms. The standard InChI is InChI=1S/C25H27N5O2/c31-24(25(32)28-21-9-3-1-4-10-21)27-19-23(20-8-7-13-26-18-20)30-16-14-29(15-17-30)22-11-5-2-6-12-22/h1-13,18,23H,14-17,19H2,(H,27,31)(H,28,32). The molecule has 1 aromatic heterocycles. The van der Waals surface area contributed by atoms with E-state index >= 15 is 0 Å². The zero-order chi connectivity index (χ0) is 22.2. The van der Waals surface area contributed by atoms with Gasteiger partial charge >= 0.3 is 11.8 Å². The summed E-state index contributed by atoms with van der Waals surface area (Å²) in [6, 6.07) is 23.2. The number of hydrogen-bond acceptors (Lipinski definition) is 5. The molecule has 2 aromatic carbocycles. The van der Waals surface area contributed by atoms with Gasteiger partial charge in [-0.05, 0) is 35.9 Å². The third-order valence-corrected chi connectivity index (χ3v) is 5.64. The van der Waals surface area contributed by atoms with Crippen LogP contribution in [0.1, 0.15) is 11.6 Å². The van der Waals surface area contributed by atoms with E-state index in [1.54, 1.807) is 30.5 Å². The highest BCUT2D eigenvalue weighted by Gasteiger charge is 2.26. The van der Waals surface area contributed by atoms with Crippen LogP contribution in [-0.2, 0) is 9.59 Å². The molecule has 1 aliphatic heterocycles. The molecule has 32 heavy (non-hydrogen) atoms.